The number of hydrogen-bond donors (Lipinski definition) is 2. The maximum absolute atomic E-state index is 12.2. The van der Waals surface area contributed by atoms with Gasteiger partial charge in [-0.05, 0) is 31.7 Å². The molecule has 0 aromatic heterocycles. The summed E-state index contributed by atoms with van der Waals surface area (Å²) >= 11 is 0. The first-order chi connectivity index (χ1) is 7.24. The average molecular weight is 212 g/mol. The van der Waals surface area contributed by atoms with Gasteiger partial charge in [0.25, 0.3) is 0 Å². The highest BCUT2D eigenvalue weighted by molar-refractivity contribution is 5.83. The molecule has 0 spiro atoms. The molecular weight excluding hydrogens is 192 g/mol. The molecule has 4 heteroatoms. The first kappa shape index (κ1) is 10.9. The Morgan fingerprint density at radius 2 is 2.33 bits per heavy atom. The summed E-state index contributed by atoms with van der Waals surface area (Å²) in [5.41, 5.74) is 0. The van der Waals surface area contributed by atoms with Crippen molar-refractivity contribution < 1.29 is 9.90 Å². The molecular formula is C11H20N2O2. The third kappa shape index (κ3) is 2.01. The molecule has 2 N–H and O–H groups in total. The summed E-state index contributed by atoms with van der Waals surface area (Å²) in [6, 6.07) is 0.0456. The zero-order valence-electron chi connectivity index (χ0n) is 9.28. The lowest BCUT2D eigenvalue weighted by Crippen LogP contribution is -2.48. The van der Waals surface area contributed by atoms with Crippen LogP contribution in [0.4, 0.5) is 0 Å². The molecule has 2 rings (SSSR count). The summed E-state index contributed by atoms with van der Waals surface area (Å²) in [5, 5.41) is 12.4. The third-order valence-corrected chi connectivity index (χ3v) is 3.67. The van der Waals surface area contributed by atoms with Gasteiger partial charge in [-0.3, -0.25) is 4.79 Å². The Labute approximate surface area is 90.6 Å². The van der Waals surface area contributed by atoms with Gasteiger partial charge in [-0.1, -0.05) is 6.92 Å². The molecule has 15 heavy (non-hydrogen) atoms. The Bertz CT molecular complexity index is 245. The molecule has 0 aromatic rings. The molecule has 2 fully saturated rings. The standard InChI is InChI=1S/C11H20N2O2/c1-8-4-5-12-10(8)11(15)13-6-2-3-9(13)7-14/h8-10,12,14H,2-7H2,1H3/t8?,9-,10?/m1/s1. The van der Waals surface area contributed by atoms with Crippen molar-refractivity contribution in [3.63, 3.8) is 0 Å². The maximum atomic E-state index is 12.2. The number of aliphatic hydroxyl groups excluding tert-OH is 1. The van der Waals surface area contributed by atoms with Crippen molar-refractivity contribution in [1.82, 2.24) is 10.2 Å². The molecule has 0 radical (unpaired) electrons. The predicted molar refractivity (Wildman–Crippen MR) is 57.4 cm³/mol. The molecule has 0 saturated carbocycles. The van der Waals surface area contributed by atoms with Crippen LogP contribution in [-0.4, -0.2) is 47.7 Å². The zero-order chi connectivity index (χ0) is 10.8. The highest BCUT2D eigenvalue weighted by Gasteiger charge is 2.36. The quantitative estimate of drug-likeness (QED) is 0.676. The summed E-state index contributed by atoms with van der Waals surface area (Å²) < 4.78 is 0. The minimum absolute atomic E-state index is 0.0165. The number of rotatable bonds is 2. The fourth-order valence-electron chi connectivity index (χ4n) is 2.66. The third-order valence-electron chi connectivity index (χ3n) is 3.67. The summed E-state index contributed by atoms with van der Waals surface area (Å²) in [4.78, 5) is 14.0. The molecule has 2 aliphatic heterocycles. The second-order valence-corrected chi connectivity index (χ2v) is 4.71. The van der Waals surface area contributed by atoms with Crippen LogP contribution >= 0.6 is 0 Å². The highest BCUT2D eigenvalue weighted by Crippen LogP contribution is 2.22. The Balaban J connectivity index is 2.00. The number of likely N-dealkylation sites (tertiary alicyclic amines) is 1. The van der Waals surface area contributed by atoms with E-state index in [0.717, 1.165) is 32.4 Å². The van der Waals surface area contributed by atoms with Gasteiger partial charge >= 0.3 is 0 Å². The number of nitrogens with zero attached hydrogens (tertiary/aromatic N) is 1. The van der Waals surface area contributed by atoms with Crippen molar-refractivity contribution in [2.75, 3.05) is 19.7 Å². The normalized spacial score (nSPS) is 36.1. The second-order valence-electron chi connectivity index (χ2n) is 4.71. The SMILES string of the molecule is CC1CCNC1C(=O)N1CCC[C@@H]1CO. The predicted octanol–water partition coefficient (Wildman–Crippen LogP) is -0.0323. The maximum Gasteiger partial charge on any atom is 0.240 e. The van der Waals surface area contributed by atoms with E-state index in [9.17, 15) is 9.90 Å². The highest BCUT2D eigenvalue weighted by atomic mass is 16.3. The molecule has 0 aliphatic carbocycles. The molecule has 2 unspecified atom stereocenters. The van der Waals surface area contributed by atoms with Gasteiger partial charge in [0.2, 0.25) is 5.91 Å². The van der Waals surface area contributed by atoms with Gasteiger partial charge < -0.3 is 15.3 Å². The summed E-state index contributed by atoms with van der Waals surface area (Å²) in [5.74, 6) is 0.619. The van der Waals surface area contributed by atoms with Gasteiger partial charge in [-0.2, -0.15) is 0 Å². The monoisotopic (exact) mass is 212 g/mol. The van der Waals surface area contributed by atoms with Crippen LogP contribution in [0.15, 0.2) is 0 Å². The lowest BCUT2D eigenvalue weighted by atomic mass is 10.0. The molecule has 1 amide bonds. The molecule has 2 saturated heterocycles. The summed E-state index contributed by atoms with van der Waals surface area (Å²) in [6.45, 7) is 3.98. The largest absolute Gasteiger partial charge is 0.394 e. The van der Waals surface area contributed by atoms with Gasteiger partial charge in [0, 0.05) is 6.54 Å². The van der Waals surface area contributed by atoms with Crippen molar-refractivity contribution in [2.24, 2.45) is 5.92 Å². The molecule has 3 atom stereocenters. The number of amides is 1. The molecule has 2 aliphatic rings. The first-order valence-electron chi connectivity index (χ1n) is 5.88. The fraction of sp³-hybridized carbons (Fsp3) is 0.909. The van der Waals surface area contributed by atoms with Crippen molar-refractivity contribution in [2.45, 2.75) is 38.3 Å². The molecule has 0 bridgehead atoms. The van der Waals surface area contributed by atoms with Gasteiger partial charge in [0.1, 0.15) is 0 Å². The molecule has 2 heterocycles. The van der Waals surface area contributed by atoms with E-state index in [2.05, 4.69) is 12.2 Å². The Kier molecular flexibility index (Phi) is 3.26. The van der Waals surface area contributed by atoms with E-state index >= 15 is 0 Å². The van der Waals surface area contributed by atoms with E-state index in [1.54, 1.807) is 0 Å². The van der Waals surface area contributed by atoms with E-state index < -0.39 is 0 Å². The topological polar surface area (TPSA) is 52.6 Å². The zero-order valence-corrected chi connectivity index (χ0v) is 9.28. The average Bonchev–Trinajstić information content (AvgIpc) is 2.84. The summed E-state index contributed by atoms with van der Waals surface area (Å²) in [6.07, 6.45) is 3.05. The van der Waals surface area contributed by atoms with E-state index in [-0.39, 0.29) is 24.6 Å². The fourth-order valence-corrected chi connectivity index (χ4v) is 2.66. The van der Waals surface area contributed by atoms with Gasteiger partial charge in [0.05, 0.1) is 18.7 Å². The van der Waals surface area contributed by atoms with Crippen molar-refractivity contribution in [3.05, 3.63) is 0 Å². The van der Waals surface area contributed by atoms with Crippen LogP contribution in [0.1, 0.15) is 26.2 Å². The van der Waals surface area contributed by atoms with Crippen LogP contribution < -0.4 is 5.32 Å². The second kappa shape index (κ2) is 4.49. The number of nitrogens with one attached hydrogen (secondary N) is 1. The smallest absolute Gasteiger partial charge is 0.240 e. The van der Waals surface area contributed by atoms with Crippen LogP contribution in [0.5, 0.6) is 0 Å². The number of hydrogen-bond acceptors (Lipinski definition) is 3. The minimum atomic E-state index is -0.0165. The van der Waals surface area contributed by atoms with E-state index in [1.807, 2.05) is 4.90 Å². The molecule has 4 nitrogen and oxygen atoms in total. The lowest BCUT2D eigenvalue weighted by Gasteiger charge is -2.27. The van der Waals surface area contributed by atoms with E-state index in [1.165, 1.54) is 0 Å². The van der Waals surface area contributed by atoms with Crippen LogP contribution in [0.25, 0.3) is 0 Å². The van der Waals surface area contributed by atoms with Crippen LogP contribution in [0, 0.1) is 5.92 Å². The van der Waals surface area contributed by atoms with Crippen LogP contribution in [-0.2, 0) is 4.79 Å². The van der Waals surface area contributed by atoms with Gasteiger partial charge in [0.15, 0.2) is 0 Å². The number of aliphatic hydroxyl groups is 1. The summed E-state index contributed by atoms with van der Waals surface area (Å²) in [7, 11) is 0. The van der Waals surface area contributed by atoms with Gasteiger partial charge in [-0.15, -0.1) is 0 Å². The number of carbonyl (C=O) groups is 1. The van der Waals surface area contributed by atoms with E-state index in [0.29, 0.717) is 5.92 Å². The lowest BCUT2D eigenvalue weighted by molar-refractivity contribution is -0.135. The van der Waals surface area contributed by atoms with Crippen molar-refractivity contribution in [1.29, 1.82) is 0 Å². The van der Waals surface area contributed by atoms with Crippen molar-refractivity contribution >= 4 is 5.91 Å². The number of carbonyl (C=O) groups excluding carboxylic acids is 1. The first-order valence-corrected chi connectivity index (χ1v) is 5.88. The van der Waals surface area contributed by atoms with Crippen LogP contribution in [0.3, 0.4) is 0 Å². The van der Waals surface area contributed by atoms with Gasteiger partial charge in [-0.25, -0.2) is 0 Å². The molecule has 86 valence electrons. The van der Waals surface area contributed by atoms with E-state index in [4.69, 9.17) is 0 Å². The van der Waals surface area contributed by atoms with Crippen LogP contribution in [0.2, 0.25) is 0 Å². The Morgan fingerprint density at radius 1 is 1.53 bits per heavy atom. The Hall–Kier alpha value is -0.610. The van der Waals surface area contributed by atoms with Crippen molar-refractivity contribution in [3.8, 4) is 0 Å². The minimum Gasteiger partial charge on any atom is -0.394 e. The Morgan fingerprint density at radius 3 is 2.93 bits per heavy atom. The molecule has 0 aromatic carbocycles.